The Balaban J connectivity index is 0.00000306. The third kappa shape index (κ3) is 6.77. The average Bonchev–Trinajstić information content (AvgIpc) is 3.26. The zero-order chi connectivity index (χ0) is 22.3. The second kappa shape index (κ2) is 12.1. The molecule has 2 aromatic carbocycles. The number of halogens is 1. The van der Waals surface area contributed by atoms with Gasteiger partial charge in [-0.2, -0.15) is 0 Å². The number of guanidine groups is 1. The SMILES string of the molecule is CCNC(=NCC1CC(=O)Nc2ccccc21)NCCc1csc(-c2ccc(C)cc2)n1.I. The maximum atomic E-state index is 12.1. The van der Waals surface area contributed by atoms with Crippen molar-refractivity contribution in [2.75, 3.05) is 25.0 Å². The number of thiazole rings is 1. The topological polar surface area (TPSA) is 78.4 Å². The molecule has 0 saturated heterocycles. The van der Waals surface area contributed by atoms with E-state index in [1.807, 2.05) is 18.2 Å². The van der Waals surface area contributed by atoms with Crippen molar-refractivity contribution in [2.45, 2.75) is 32.6 Å². The molecule has 174 valence electrons. The molecule has 1 aliphatic heterocycles. The number of amides is 1. The second-order valence-corrected chi connectivity index (χ2v) is 8.80. The summed E-state index contributed by atoms with van der Waals surface area (Å²) in [5, 5.41) is 12.8. The molecular weight excluding hydrogens is 545 g/mol. The van der Waals surface area contributed by atoms with Gasteiger partial charge in [0.05, 0.1) is 12.2 Å². The summed E-state index contributed by atoms with van der Waals surface area (Å²) in [6, 6.07) is 16.4. The monoisotopic (exact) mass is 575 g/mol. The van der Waals surface area contributed by atoms with Crippen molar-refractivity contribution in [3.8, 4) is 10.6 Å². The summed E-state index contributed by atoms with van der Waals surface area (Å²) in [5.74, 6) is 0.908. The Morgan fingerprint density at radius 3 is 2.76 bits per heavy atom. The van der Waals surface area contributed by atoms with Crippen LogP contribution in [-0.2, 0) is 11.2 Å². The maximum Gasteiger partial charge on any atom is 0.225 e. The highest BCUT2D eigenvalue weighted by Crippen LogP contribution is 2.32. The lowest BCUT2D eigenvalue weighted by Gasteiger charge is -2.24. The first-order valence-corrected chi connectivity index (χ1v) is 11.9. The summed E-state index contributed by atoms with van der Waals surface area (Å²) >= 11 is 1.68. The van der Waals surface area contributed by atoms with Crippen LogP contribution in [0.2, 0.25) is 0 Å². The molecule has 1 aromatic heterocycles. The number of anilines is 1. The predicted octanol–water partition coefficient (Wildman–Crippen LogP) is 4.96. The van der Waals surface area contributed by atoms with Gasteiger partial charge in [-0.25, -0.2) is 4.98 Å². The first-order valence-electron chi connectivity index (χ1n) is 11.0. The van der Waals surface area contributed by atoms with Crippen molar-refractivity contribution in [3.63, 3.8) is 0 Å². The Morgan fingerprint density at radius 2 is 1.97 bits per heavy atom. The molecule has 33 heavy (non-hydrogen) atoms. The molecule has 2 heterocycles. The minimum Gasteiger partial charge on any atom is -0.357 e. The van der Waals surface area contributed by atoms with Crippen molar-refractivity contribution in [1.82, 2.24) is 15.6 Å². The van der Waals surface area contributed by atoms with E-state index in [2.05, 4.69) is 65.5 Å². The molecule has 3 N–H and O–H groups in total. The molecule has 1 atom stereocenters. The van der Waals surface area contributed by atoms with Gasteiger partial charge in [0, 0.05) is 48.5 Å². The van der Waals surface area contributed by atoms with Crippen molar-refractivity contribution >= 4 is 52.9 Å². The van der Waals surface area contributed by atoms with Gasteiger partial charge in [-0.15, -0.1) is 35.3 Å². The fourth-order valence-corrected chi connectivity index (χ4v) is 4.63. The normalized spacial score (nSPS) is 15.3. The van der Waals surface area contributed by atoms with Gasteiger partial charge in [-0.3, -0.25) is 9.79 Å². The molecule has 0 saturated carbocycles. The molecule has 4 rings (SSSR count). The molecule has 0 spiro atoms. The summed E-state index contributed by atoms with van der Waals surface area (Å²) in [6.07, 6.45) is 1.28. The van der Waals surface area contributed by atoms with Gasteiger partial charge < -0.3 is 16.0 Å². The van der Waals surface area contributed by atoms with Crippen LogP contribution in [0.4, 0.5) is 5.69 Å². The highest BCUT2D eigenvalue weighted by molar-refractivity contribution is 14.0. The molecule has 0 radical (unpaired) electrons. The summed E-state index contributed by atoms with van der Waals surface area (Å²) in [7, 11) is 0. The summed E-state index contributed by atoms with van der Waals surface area (Å²) in [5.41, 5.74) is 5.54. The minimum absolute atomic E-state index is 0. The van der Waals surface area contributed by atoms with Crippen LogP contribution in [0.25, 0.3) is 10.6 Å². The lowest BCUT2D eigenvalue weighted by Crippen LogP contribution is -2.39. The number of hydrogen-bond acceptors (Lipinski definition) is 4. The first kappa shape index (κ1) is 25.2. The lowest BCUT2D eigenvalue weighted by molar-refractivity contribution is -0.116. The number of nitrogens with one attached hydrogen (secondary N) is 3. The second-order valence-electron chi connectivity index (χ2n) is 7.94. The van der Waals surface area contributed by atoms with Crippen LogP contribution in [0, 0.1) is 6.92 Å². The smallest absolute Gasteiger partial charge is 0.225 e. The van der Waals surface area contributed by atoms with Crippen molar-refractivity contribution in [1.29, 1.82) is 0 Å². The quantitative estimate of drug-likeness (QED) is 0.212. The maximum absolute atomic E-state index is 12.1. The van der Waals surface area contributed by atoms with E-state index in [1.54, 1.807) is 11.3 Å². The average molecular weight is 576 g/mol. The number of carbonyl (C=O) groups is 1. The third-order valence-corrected chi connectivity index (χ3v) is 6.38. The Bertz CT molecular complexity index is 1100. The zero-order valence-electron chi connectivity index (χ0n) is 18.9. The van der Waals surface area contributed by atoms with Crippen LogP contribution in [0.15, 0.2) is 58.9 Å². The first-order chi connectivity index (χ1) is 15.6. The minimum atomic E-state index is 0. The molecule has 3 aromatic rings. The third-order valence-electron chi connectivity index (χ3n) is 5.44. The number of benzene rings is 2. The van der Waals surface area contributed by atoms with E-state index in [1.165, 1.54) is 5.56 Å². The van der Waals surface area contributed by atoms with E-state index in [-0.39, 0.29) is 35.8 Å². The van der Waals surface area contributed by atoms with Gasteiger partial charge >= 0.3 is 0 Å². The van der Waals surface area contributed by atoms with Crippen molar-refractivity contribution < 1.29 is 4.79 Å². The highest BCUT2D eigenvalue weighted by Gasteiger charge is 2.24. The molecule has 1 aliphatic rings. The number of hydrogen-bond donors (Lipinski definition) is 3. The van der Waals surface area contributed by atoms with Gasteiger partial charge in [0.25, 0.3) is 0 Å². The standard InChI is InChI=1S/C25H29N5OS.HI/c1-3-26-25(28-15-19-14-23(31)30-22-7-5-4-6-21(19)22)27-13-12-20-16-32-24(29-20)18-10-8-17(2)9-11-18;/h4-11,16,19H,3,12-15H2,1-2H3,(H,30,31)(H2,26,27,28);1H. The van der Waals surface area contributed by atoms with Crippen LogP contribution >= 0.6 is 35.3 Å². The number of rotatable bonds is 7. The van der Waals surface area contributed by atoms with Crippen LogP contribution in [-0.4, -0.2) is 36.5 Å². The number of para-hydroxylation sites is 1. The van der Waals surface area contributed by atoms with E-state index in [0.29, 0.717) is 13.0 Å². The molecule has 8 heteroatoms. The Hall–Kier alpha value is -2.46. The molecule has 0 fully saturated rings. The zero-order valence-corrected chi connectivity index (χ0v) is 22.1. The number of aliphatic imine (C=N–C) groups is 1. The Labute approximate surface area is 216 Å². The Kier molecular flexibility index (Phi) is 9.25. The molecule has 0 aliphatic carbocycles. The van der Waals surface area contributed by atoms with Gasteiger partial charge in [0.1, 0.15) is 5.01 Å². The highest BCUT2D eigenvalue weighted by atomic mass is 127. The van der Waals surface area contributed by atoms with Gasteiger partial charge in [-0.05, 0) is 25.5 Å². The van der Waals surface area contributed by atoms with Crippen LogP contribution in [0.3, 0.4) is 0 Å². The molecule has 1 unspecified atom stereocenters. The number of aryl methyl sites for hydroxylation is 1. The van der Waals surface area contributed by atoms with E-state index in [0.717, 1.165) is 53.0 Å². The van der Waals surface area contributed by atoms with Gasteiger partial charge in [0.15, 0.2) is 5.96 Å². The van der Waals surface area contributed by atoms with E-state index < -0.39 is 0 Å². The van der Waals surface area contributed by atoms with E-state index in [9.17, 15) is 4.79 Å². The largest absolute Gasteiger partial charge is 0.357 e. The molecule has 6 nitrogen and oxygen atoms in total. The van der Waals surface area contributed by atoms with E-state index >= 15 is 0 Å². The lowest BCUT2D eigenvalue weighted by atomic mass is 9.91. The molecule has 1 amide bonds. The number of aromatic nitrogens is 1. The molecular formula is C25H30IN5OS. The Morgan fingerprint density at radius 1 is 1.18 bits per heavy atom. The van der Waals surface area contributed by atoms with Crippen molar-refractivity contribution in [2.24, 2.45) is 4.99 Å². The van der Waals surface area contributed by atoms with Crippen molar-refractivity contribution in [3.05, 3.63) is 70.7 Å². The summed E-state index contributed by atoms with van der Waals surface area (Å²) in [6.45, 7) is 6.23. The number of nitrogens with zero attached hydrogens (tertiary/aromatic N) is 2. The van der Waals surface area contributed by atoms with Gasteiger partial charge in [-0.1, -0.05) is 48.0 Å². The fourth-order valence-electron chi connectivity index (χ4n) is 3.77. The van der Waals surface area contributed by atoms with E-state index in [4.69, 9.17) is 9.98 Å². The van der Waals surface area contributed by atoms with Crippen LogP contribution in [0.1, 0.15) is 36.1 Å². The fraction of sp³-hybridized carbons (Fsp3) is 0.320. The van der Waals surface area contributed by atoms with Gasteiger partial charge in [0.2, 0.25) is 5.91 Å². The number of carbonyl (C=O) groups excluding carboxylic acids is 1. The molecule has 0 bridgehead atoms. The predicted molar refractivity (Wildman–Crippen MR) is 148 cm³/mol. The number of fused-ring (bicyclic) bond motifs is 1. The summed E-state index contributed by atoms with van der Waals surface area (Å²) in [4.78, 5) is 21.6. The van der Waals surface area contributed by atoms with Crippen LogP contribution in [0.5, 0.6) is 0 Å². The summed E-state index contributed by atoms with van der Waals surface area (Å²) < 4.78 is 0. The van der Waals surface area contributed by atoms with Crippen LogP contribution < -0.4 is 16.0 Å².